The number of benzene rings is 2. The molecule has 0 radical (unpaired) electrons. The summed E-state index contributed by atoms with van der Waals surface area (Å²) in [5.41, 5.74) is 3.43. The fourth-order valence-corrected chi connectivity index (χ4v) is 3.08. The minimum Gasteiger partial charge on any atom is -0.322 e. The zero-order valence-corrected chi connectivity index (χ0v) is 14.6. The van der Waals surface area contributed by atoms with E-state index in [2.05, 4.69) is 24.4 Å². The molecule has 3 rings (SSSR count). The van der Waals surface area contributed by atoms with Crippen LogP contribution in [0.1, 0.15) is 48.5 Å². The molecule has 2 aromatic rings. The van der Waals surface area contributed by atoms with Crippen LogP contribution >= 0.6 is 0 Å². The average molecular weight is 336 g/mol. The van der Waals surface area contributed by atoms with Gasteiger partial charge in [0.1, 0.15) is 0 Å². The molecule has 1 fully saturated rings. The van der Waals surface area contributed by atoms with Gasteiger partial charge in [-0.05, 0) is 55.2 Å². The van der Waals surface area contributed by atoms with Crippen molar-refractivity contribution in [3.63, 3.8) is 0 Å². The number of unbranched alkanes of at least 4 members (excludes halogenated alkanes) is 1. The Morgan fingerprint density at radius 2 is 1.96 bits per heavy atom. The first-order chi connectivity index (χ1) is 12.2. The molecule has 0 unspecified atom stereocenters. The molecule has 1 aliphatic rings. The monoisotopic (exact) mass is 336 g/mol. The minimum absolute atomic E-state index is 0.125. The van der Waals surface area contributed by atoms with Crippen molar-refractivity contribution in [2.24, 2.45) is 0 Å². The maximum absolute atomic E-state index is 12.5. The van der Waals surface area contributed by atoms with E-state index in [0.29, 0.717) is 12.0 Å². The van der Waals surface area contributed by atoms with Crippen molar-refractivity contribution in [2.75, 3.05) is 16.8 Å². The summed E-state index contributed by atoms with van der Waals surface area (Å²) in [6, 6.07) is 15.3. The lowest BCUT2D eigenvalue weighted by atomic mass is 10.1. The molecule has 2 aromatic carbocycles. The Morgan fingerprint density at radius 1 is 1.16 bits per heavy atom. The molecule has 1 aliphatic heterocycles. The average Bonchev–Trinajstić information content (AvgIpc) is 3.07. The molecular formula is C21H24N2O2. The Kier molecular flexibility index (Phi) is 5.49. The minimum atomic E-state index is -0.158. The summed E-state index contributed by atoms with van der Waals surface area (Å²) in [6.45, 7) is 2.90. The highest BCUT2D eigenvalue weighted by Crippen LogP contribution is 2.23. The number of carbonyl (C=O) groups is 2. The second kappa shape index (κ2) is 7.97. The number of anilines is 2. The molecule has 130 valence electrons. The molecule has 0 aliphatic carbocycles. The second-order valence-electron chi connectivity index (χ2n) is 6.45. The maximum Gasteiger partial charge on any atom is 0.255 e. The van der Waals surface area contributed by atoms with Crippen molar-refractivity contribution < 1.29 is 9.59 Å². The van der Waals surface area contributed by atoms with Crippen LogP contribution in [0.4, 0.5) is 11.4 Å². The quantitative estimate of drug-likeness (QED) is 0.849. The van der Waals surface area contributed by atoms with Gasteiger partial charge in [-0.15, -0.1) is 0 Å². The van der Waals surface area contributed by atoms with Crippen molar-refractivity contribution >= 4 is 23.2 Å². The van der Waals surface area contributed by atoms with Crippen molar-refractivity contribution in [1.29, 1.82) is 0 Å². The topological polar surface area (TPSA) is 49.4 Å². The molecule has 0 aromatic heterocycles. The van der Waals surface area contributed by atoms with Crippen molar-refractivity contribution in [2.45, 2.75) is 39.0 Å². The lowest BCUT2D eigenvalue weighted by Gasteiger charge is -2.16. The van der Waals surface area contributed by atoms with Gasteiger partial charge in [-0.3, -0.25) is 9.59 Å². The molecule has 4 nitrogen and oxygen atoms in total. The Bertz CT molecular complexity index is 753. The zero-order chi connectivity index (χ0) is 17.6. The Labute approximate surface area is 148 Å². The fourth-order valence-electron chi connectivity index (χ4n) is 3.08. The Morgan fingerprint density at radius 3 is 2.64 bits per heavy atom. The fraction of sp³-hybridized carbons (Fsp3) is 0.333. The van der Waals surface area contributed by atoms with E-state index in [0.717, 1.165) is 30.8 Å². The van der Waals surface area contributed by atoms with Gasteiger partial charge in [-0.2, -0.15) is 0 Å². The number of hydrogen-bond acceptors (Lipinski definition) is 2. The van der Waals surface area contributed by atoms with Gasteiger partial charge in [-0.1, -0.05) is 31.5 Å². The lowest BCUT2D eigenvalue weighted by molar-refractivity contribution is -0.117. The van der Waals surface area contributed by atoms with Gasteiger partial charge in [0.2, 0.25) is 5.91 Å². The van der Waals surface area contributed by atoms with E-state index in [-0.39, 0.29) is 11.8 Å². The summed E-state index contributed by atoms with van der Waals surface area (Å²) in [7, 11) is 0. The summed E-state index contributed by atoms with van der Waals surface area (Å²) < 4.78 is 0. The normalized spacial score (nSPS) is 14.0. The lowest BCUT2D eigenvalue weighted by Crippen LogP contribution is -2.24. The molecule has 0 bridgehead atoms. The molecule has 0 spiro atoms. The van der Waals surface area contributed by atoms with Crippen molar-refractivity contribution in [3.05, 3.63) is 59.7 Å². The van der Waals surface area contributed by atoms with Gasteiger partial charge >= 0.3 is 0 Å². The van der Waals surface area contributed by atoms with Gasteiger partial charge in [0, 0.05) is 29.9 Å². The predicted octanol–water partition coefficient (Wildman–Crippen LogP) is 4.41. The third-order valence-electron chi connectivity index (χ3n) is 4.52. The summed E-state index contributed by atoms with van der Waals surface area (Å²) >= 11 is 0. The largest absolute Gasteiger partial charge is 0.322 e. The summed E-state index contributed by atoms with van der Waals surface area (Å²) in [6.07, 6.45) is 4.87. The highest BCUT2D eigenvalue weighted by molar-refractivity contribution is 6.05. The van der Waals surface area contributed by atoms with Gasteiger partial charge in [0.25, 0.3) is 5.91 Å². The van der Waals surface area contributed by atoms with Gasteiger partial charge in [0.15, 0.2) is 0 Å². The van der Waals surface area contributed by atoms with E-state index in [1.807, 2.05) is 24.3 Å². The number of aryl methyl sites for hydroxylation is 1. The van der Waals surface area contributed by atoms with Crippen molar-refractivity contribution in [3.8, 4) is 0 Å². The van der Waals surface area contributed by atoms with Gasteiger partial charge in [-0.25, -0.2) is 0 Å². The van der Waals surface area contributed by atoms with E-state index in [1.54, 1.807) is 17.0 Å². The maximum atomic E-state index is 12.5. The molecule has 4 heteroatoms. The molecule has 1 N–H and O–H groups in total. The van der Waals surface area contributed by atoms with Gasteiger partial charge in [0.05, 0.1) is 0 Å². The molecule has 25 heavy (non-hydrogen) atoms. The number of rotatable bonds is 6. The Balaban J connectivity index is 1.68. The summed E-state index contributed by atoms with van der Waals surface area (Å²) in [5.74, 6) is -0.0324. The van der Waals surface area contributed by atoms with E-state index >= 15 is 0 Å². The molecule has 0 atom stereocenters. The van der Waals surface area contributed by atoms with Crippen LogP contribution in [-0.4, -0.2) is 18.4 Å². The number of carbonyl (C=O) groups excluding carboxylic acids is 2. The van der Waals surface area contributed by atoms with Crippen LogP contribution in [0.3, 0.4) is 0 Å². The Hall–Kier alpha value is -2.62. The molecule has 1 heterocycles. The SMILES string of the molecule is CCCCc1ccc(NC(=O)c2cccc(N3CCCC3=O)c2)cc1. The number of nitrogens with one attached hydrogen (secondary N) is 1. The van der Waals surface area contributed by atoms with Crippen LogP contribution in [0.15, 0.2) is 48.5 Å². The summed E-state index contributed by atoms with van der Waals surface area (Å²) in [4.78, 5) is 26.1. The smallest absolute Gasteiger partial charge is 0.255 e. The zero-order valence-electron chi connectivity index (χ0n) is 14.6. The van der Waals surface area contributed by atoms with Crippen LogP contribution in [0.2, 0.25) is 0 Å². The first-order valence-electron chi connectivity index (χ1n) is 8.98. The molecule has 2 amide bonds. The first-order valence-corrected chi connectivity index (χ1v) is 8.98. The molecule has 0 saturated carbocycles. The van der Waals surface area contributed by atoms with E-state index in [1.165, 1.54) is 18.4 Å². The van der Waals surface area contributed by atoms with Crippen LogP contribution in [0, 0.1) is 0 Å². The van der Waals surface area contributed by atoms with Crippen LogP contribution in [0.25, 0.3) is 0 Å². The third-order valence-corrected chi connectivity index (χ3v) is 4.52. The van der Waals surface area contributed by atoms with Gasteiger partial charge < -0.3 is 10.2 Å². The van der Waals surface area contributed by atoms with Crippen LogP contribution in [-0.2, 0) is 11.2 Å². The van der Waals surface area contributed by atoms with Crippen LogP contribution in [0.5, 0.6) is 0 Å². The number of amides is 2. The molecule has 1 saturated heterocycles. The first kappa shape index (κ1) is 17.2. The van der Waals surface area contributed by atoms with E-state index in [9.17, 15) is 9.59 Å². The molecular weight excluding hydrogens is 312 g/mol. The van der Waals surface area contributed by atoms with Crippen LogP contribution < -0.4 is 10.2 Å². The highest BCUT2D eigenvalue weighted by atomic mass is 16.2. The third kappa shape index (κ3) is 4.27. The number of nitrogens with zero attached hydrogens (tertiary/aromatic N) is 1. The summed E-state index contributed by atoms with van der Waals surface area (Å²) in [5, 5.41) is 2.93. The van der Waals surface area contributed by atoms with E-state index < -0.39 is 0 Å². The second-order valence-corrected chi connectivity index (χ2v) is 6.45. The van der Waals surface area contributed by atoms with E-state index in [4.69, 9.17) is 0 Å². The predicted molar refractivity (Wildman–Crippen MR) is 101 cm³/mol. The highest BCUT2D eigenvalue weighted by Gasteiger charge is 2.22. The standard InChI is InChI=1S/C21H24N2O2/c1-2-3-6-16-10-12-18(13-11-16)22-21(25)17-7-4-8-19(15-17)23-14-5-9-20(23)24/h4,7-8,10-13,15H,2-3,5-6,9,14H2,1H3,(H,22,25). The number of hydrogen-bond donors (Lipinski definition) is 1. The van der Waals surface area contributed by atoms with Crippen molar-refractivity contribution in [1.82, 2.24) is 0 Å².